The van der Waals surface area contributed by atoms with Crippen molar-refractivity contribution in [1.82, 2.24) is 9.88 Å². The quantitative estimate of drug-likeness (QED) is 0.0582. The minimum absolute atomic E-state index is 0.0790. The average Bonchev–Trinajstić information content (AvgIpc) is 3.19. The molecule has 0 N–H and O–H groups in total. The molecule has 0 saturated carbocycles. The van der Waals surface area contributed by atoms with Gasteiger partial charge in [-0.3, -0.25) is 19.4 Å². The van der Waals surface area contributed by atoms with Crippen molar-refractivity contribution in [2.45, 2.75) is 96.8 Å². The van der Waals surface area contributed by atoms with Crippen LogP contribution in [0.2, 0.25) is 0 Å². The summed E-state index contributed by atoms with van der Waals surface area (Å²) in [5.41, 5.74) is 2.31. The molecule has 2 aliphatic rings. The first-order chi connectivity index (χ1) is 26.1. The summed E-state index contributed by atoms with van der Waals surface area (Å²) in [7, 11) is 0. The minimum Gasteiger partial charge on any atom is -0.478 e. The van der Waals surface area contributed by atoms with Gasteiger partial charge in [-0.2, -0.15) is 4.98 Å². The molecule has 0 bridgehead atoms. The topological polar surface area (TPSA) is 75.2 Å². The van der Waals surface area contributed by atoms with Gasteiger partial charge in [-0.25, -0.2) is 0 Å². The number of hydrogen-bond donors (Lipinski definition) is 0. The molecule has 0 radical (unpaired) electrons. The number of unbranched alkanes of at least 4 members (excludes halogenated alkanes) is 6. The number of esters is 1. The smallest absolute Gasteiger partial charge is 0.307 e. The lowest BCUT2D eigenvalue weighted by Crippen LogP contribution is -2.46. The van der Waals surface area contributed by atoms with Gasteiger partial charge >= 0.3 is 5.97 Å². The molecule has 3 heterocycles. The number of anilines is 2. The molecule has 0 atom stereocenters. The van der Waals surface area contributed by atoms with Crippen LogP contribution in [-0.4, -0.2) is 67.8 Å². The van der Waals surface area contributed by atoms with Gasteiger partial charge in [-0.15, -0.1) is 0 Å². The highest BCUT2D eigenvalue weighted by Crippen LogP contribution is 2.29. The minimum atomic E-state index is -0.270. The monoisotopic (exact) mass is 720 g/mol. The molecule has 1 saturated heterocycles. The van der Waals surface area contributed by atoms with Gasteiger partial charge in [0, 0.05) is 56.2 Å². The normalized spacial score (nSPS) is 15.3. The maximum Gasteiger partial charge on any atom is 0.307 e. The second kappa shape index (κ2) is 22.6. The summed E-state index contributed by atoms with van der Waals surface area (Å²) in [6, 6.07) is 19.1. The van der Waals surface area contributed by atoms with Crippen molar-refractivity contribution in [2.75, 3.05) is 55.9 Å². The number of rotatable bonds is 22. The molecule has 0 aliphatic carbocycles. The summed E-state index contributed by atoms with van der Waals surface area (Å²) in [6.07, 6.45) is 26.1. The zero-order chi connectivity index (χ0) is 36.9. The van der Waals surface area contributed by atoms with Crippen molar-refractivity contribution in [2.24, 2.45) is 0 Å². The van der Waals surface area contributed by atoms with Gasteiger partial charge in [-0.1, -0.05) is 99.0 Å². The van der Waals surface area contributed by atoms with Crippen LogP contribution in [0, 0.1) is 0 Å². The van der Waals surface area contributed by atoms with Gasteiger partial charge < -0.3 is 14.4 Å². The lowest BCUT2D eigenvalue weighted by molar-refractivity contribution is -0.144. The van der Waals surface area contributed by atoms with Crippen molar-refractivity contribution in [3.05, 3.63) is 96.6 Å². The summed E-state index contributed by atoms with van der Waals surface area (Å²) in [6.45, 7) is 7.83. The number of carbonyl (C=O) groups is 2. The number of carbonyl (C=O) groups excluding carboxylic acids is 2. The van der Waals surface area contributed by atoms with Crippen molar-refractivity contribution in [1.29, 1.82) is 0 Å². The molecule has 53 heavy (non-hydrogen) atoms. The van der Waals surface area contributed by atoms with Crippen molar-refractivity contribution in [3.63, 3.8) is 0 Å². The zero-order valence-corrected chi connectivity index (χ0v) is 31.9. The van der Waals surface area contributed by atoms with E-state index in [2.05, 4.69) is 101 Å². The number of pyridine rings is 1. The van der Waals surface area contributed by atoms with E-state index >= 15 is 0 Å². The van der Waals surface area contributed by atoms with Crippen LogP contribution >= 0.6 is 0 Å². The molecule has 8 heteroatoms. The predicted octanol–water partition coefficient (Wildman–Crippen LogP) is 9.59. The molecule has 8 nitrogen and oxygen atoms in total. The molecular formula is C45H60N4O4. The molecular weight excluding hydrogens is 661 g/mol. The first kappa shape index (κ1) is 39.8. The Morgan fingerprint density at radius 3 is 2.38 bits per heavy atom. The molecule has 1 amide bonds. The van der Waals surface area contributed by atoms with E-state index in [4.69, 9.17) is 9.47 Å². The van der Waals surface area contributed by atoms with E-state index in [0.29, 0.717) is 37.6 Å². The second-order valence-electron chi connectivity index (χ2n) is 14.1. The Labute approximate surface area is 317 Å². The summed E-state index contributed by atoms with van der Waals surface area (Å²) in [4.78, 5) is 36.6. The number of ether oxygens (including phenoxy) is 2. The Morgan fingerprint density at radius 1 is 0.774 bits per heavy atom. The van der Waals surface area contributed by atoms with Crippen molar-refractivity contribution < 1.29 is 19.1 Å². The third-order valence-corrected chi connectivity index (χ3v) is 10.1. The first-order valence-electron chi connectivity index (χ1n) is 20.1. The van der Waals surface area contributed by atoms with Crippen LogP contribution in [0.4, 0.5) is 11.5 Å². The van der Waals surface area contributed by atoms with Crippen LogP contribution in [0.5, 0.6) is 5.88 Å². The zero-order valence-electron chi connectivity index (χ0n) is 31.9. The predicted molar refractivity (Wildman–Crippen MR) is 218 cm³/mol. The molecule has 2 aliphatic heterocycles. The lowest BCUT2D eigenvalue weighted by atomic mass is 10.1. The van der Waals surface area contributed by atoms with Crippen LogP contribution in [0.15, 0.2) is 91.1 Å². The number of piperazine rings is 1. The van der Waals surface area contributed by atoms with Crippen molar-refractivity contribution >= 4 is 34.2 Å². The lowest BCUT2D eigenvalue weighted by Gasteiger charge is -2.36. The van der Waals surface area contributed by atoms with E-state index in [1.807, 2.05) is 12.1 Å². The Hall–Kier alpha value is -4.43. The standard InChI is InChI=1S/C45H60N4O4/c1-2-3-4-5-6-7-8-9-10-11-12-13-14-15-16-26-44(51)53-37-49-43(50)30-28-39-27-29-42(46-45(39)49)52-36-20-19-31-47-32-34-48(35-33-47)41-25-21-23-38-22-17-18-24-40(38)41/h3-4,6-7,9-10,17-18,21-25,27,29H,2,5,8,11-16,19-20,26,28,30-37H2,1H3/b4-3-,7-6-,10-9-. The van der Waals surface area contributed by atoms with E-state index in [0.717, 1.165) is 102 Å². The molecule has 3 aromatic rings. The van der Waals surface area contributed by atoms with Gasteiger partial charge in [0.15, 0.2) is 6.73 Å². The van der Waals surface area contributed by atoms with Crippen LogP contribution in [-0.2, 0) is 20.7 Å². The number of benzene rings is 2. The molecule has 0 spiro atoms. The summed E-state index contributed by atoms with van der Waals surface area (Å²) < 4.78 is 11.6. The highest BCUT2D eigenvalue weighted by atomic mass is 16.5. The number of hydrogen-bond acceptors (Lipinski definition) is 7. The Morgan fingerprint density at radius 2 is 1.53 bits per heavy atom. The van der Waals surface area contributed by atoms with E-state index in [1.54, 1.807) is 0 Å². The van der Waals surface area contributed by atoms with Crippen LogP contribution in [0.25, 0.3) is 10.8 Å². The SMILES string of the molecule is CC/C=C\C/C=C\C/C=C\CCCCCCCC(=O)OCN1C(=O)CCc2ccc(OCCCCN3CCN(c4cccc5ccccc45)CC3)nc21. The Bertz CT molecular complexity index is 1650. The highest BCUT2D eigenvalue weighted by Gasteiger charge is 2.27. The van der Waals surface area contributed by atoms with Crippen molar-refractivity contribution in [3.8, 4) is 5.88 Å². The van der Waals surface area contributed by atoms with Crippen LogP contribution in [0.1, 0.15) is 96.0 Å². The number of fused-ring (bicyclic) bond motifs is 2. The average molecular weight is 721 g/mol. The third kappa shape index (κ3) is 13.2. The van der Waals surface area contributed by atoms with E-state index < -0.39 is 0 Å². The summed E-state index contributed by atoms with van der Waals surface area (Å²) >= 11 is 0. The first-order valence-corrected chi connectivity index (χ1v) is 20.1. The van der Waals surface area contributed by atoms with Gasteiger partial charge in [0.05, 0.1) is 6.61 Å². The van der Waals surface area contributed by atoms with Crippen LogP contribution < -0.4 is 14.5 Å². The summed E-state index contributed by atoms with van der Waals surface area (Å²) in [5, 5.41) is 2.62. The van der Waals surface area contributed by atoms with Gasteiger partial charge in [0.2, 0.25) is 11.8 Å². The number of nitrogens with zero attached hydrogens (tertiary/aromatic N) is 4. The number of aryl methyl sites for hydroxylation is 1. The van der Waals surface area contributed by atoms with Crippen LogP contribution in [0.3, 0.4) is 0 Å². The molecule has 5 rings (SSSR count). The fourth-order valence-corrected chi connectivity index (χ4v) is 7.00. The Balaban J connectivity index is 0.931. The molecule has 0 unspecified atom stereocenters. The maximum atomic E-state index is 12.8. The molecule has 1 aromatic heterocycles. The maximum absolute atomic E-state index is 12.8. The number of aromatic nitrogens is 1. The van der Waals surface area contributed by atoms with E-state index in [9.17, 15) is 9.59 Å². The van der Waals surface area contributed by atoms with E-state index in [1.165, 1.54) is 27.8 Å². The van der Waals surface area contributed by atoms with E-state index in [-0.39, 0.29) is 18.6 Å². The number of allylic oxidation sites excluding steroid dienone is 6. The highest BCUT2D eigenvalue weighted by molar-refractivity contribution is 5.95. The number of amides is 1. The molecule has 1 fully saturated rings. The fourth-order valence-electron chi connectivity index (χ4n) is 7.00. The summed E-state index contributed by atoms with van der Waals surface area (Å²) in [5.74, 6) is 0.698. The van der Waals surface area contributed by atoms with Gasteiger partial charge in [0.1, 0.15) is 5.82 Å². The molecule has 284 valence electrons. The Kier molecular flexibility index (Phi) is 17.0. The molecule has 2 aromatic carbocycles. The largest absolute Gasteiger partial charge is 0.478 e. The third-order valence-electron chi connectivity index (χ3n) is 10.1. The fraction of sp³-hybridized carbons (Fsp3) is 0.489. The second-order valence-corrected chi connectivity index (χ2v) is 14.1. The van der Waals surface area contributed by atoms with Gasteiger partial charge in [-0.05, 0) is 87.4 Å². The van der Waals surface area contributed by atoms with Gasteiger partial charge in [0.25, 0.3) is 0 Å².